The first-order chi connectivity index (χ1) is 13.6. The van der Waals surface area contributed by atoms with E-state index in [4.69, 9.17) is 14.2 Å². The lowest BCUT2D eigenvalue weighted by Gasteiger charge is -2.36. The minimum absolute atomic E-state index is 0.0591. The first-order valence-corrected chi connectivity index (χ1v) is 10.2. The van der Waals surface area contributed by atoms with E-state index in [2.05, 4.69) is 10.2 Å². The summed E-state index contributed by atoms with van der Waals surface area (Å²) in [5.41, 5.74) is 1.46. The van der Waals surface area contributed by atoms with Crippen molar-refractivity contribution in [1.82, 2.24) is 10.2 Å². The number of hydrogen-bond acceptors (Lipinski definition) is 6. The third-order valence-electron chi connectivity index (χ3n) is 5.49. The molecule has 2 aliphatic rings. The quantitative estimate of drug-likeness (QED) is 0.687. The van der Waals surface area contributed by atoms with Crippen LogP contribution in [0.1, 0.15) is 35.2 Å². The van der Waals surface area contributed by atoms with Crippen molar-refractivity contribution in [2.45, 2.75) is 32.3 Å². The molecule has 3 rings (SSSR count). The van der Waals surface area contributed by atoms with Crippen LogP contribution < -0.4 is 14.8 Å². The van der Waals surface area contributed by atoms with E-state index in [1.807, 2.05) is 13.0 Å². The van der Waals surface area contributed by atoms with Gasteiger partial charge in [-0.1, -0.05) is 6.07 Å². The molecular weight excluding hydrogens is 360 g/mol. The highest BCUT2D eigenvalue weighted by Crippen LogP contribution is 2.36. The molecule has 0 bridgehead atoms. The summed E-state index contributed by atoms with van der Waals surface area (Å²) in [7, 11) is 1.70. The second kappa shape index (κ2) is 10.1. The Balaban J connectivity index is 1.55. The number of hydrogen-bond donors (Lipinski definition) is 2. The predicted molar refractivity (Wildman–Crippen MR) is 106 cm³/mol. The van der Waals surface area contributed by atoms with Gasteiger partial charge in [0, 0.05) is 45.7 Å². The van der Waals surface area contributed by atoms with Crippen molar-refractivity contribution in [1.29, 1.82) is 0 Å². The van der Waals surface area contributed by atoms with Crippen LogP contribution in [0.25, 0.3) is 0 Å². The second-order valence-electron chi connectivity index (χ2n) is 7.61. The second-order valence-corrected chi connectivity index (χ2v) is 7.61. The van der Waals surface area contributed by atoms with E-state index in [0.29, 0.717) is 43.4 Å². The van der Waals surface area contributed by atoms with Crippen LogP contribution in [0.5, 0.6) is 11.5 Å². The van der Waals surface area contributed by atoms with Crippen molar-refractivity contribution >= 4 is 5.91 Å². The van der Waals surface area contributed by atoms with Gasteiger partial charge in [-0.3, -0.25) is 4.79 Å². The van der Waals surface area contributed by atoms with E-state index in [1.165, 1.54) is 0 Å². The highest BCUT2D eigenvalue weighted by Gasteiger charge is 2.28. The van der Waals surface area contributed by atoms with Gasteiger partial charge in [-0.2, -0.15) is 0 Å². The Morgan fingerprint density at radius 3 is 2.86 bits per heavy atom. The van der Waals surface area contributed by atoms with Crippen LogP contribution in [0.4, 0.5) is 0 Å². The Morgan fingerprint density at radius 1 is 1.32 bits per heavy atom. The van der Waals surface area contributed by atoms with Gasteiger partial charge in [0.2, 0.25) is 0 Å². The maximum atomic E-state index is 12.8. The number of aliphatic hydroxyl groups excluding tert-OH is 1. The first-order valence-electron chi connectivity index (χ1n) is 10.2. The van der Waals surface area contributed by atoms with Crippen LogP contribution in [-0.4, -0.2) is 75.1 Å². The van der Waals surface area contributed by atoms with Crippen LogP contribution in [0.2, 0.25) is 0 Å². The van der Waals surface area contributed by atoms with Crippen molar-refractivity contribution in [2.75, 3.05) is 53.1 Å². The standard InChI is InChI=1S/C21H32N2O5/c1-15-5-6-17(20-19(15)27-11-4-12-28-20)21(25)22-13-16-7-9-23(14-18(16)24)8-3-10-26-2/h5-6,16,18,24H,3-4,7-14H2,1-2H3,(H,22,25)/t16-,18+/m0/s1. The number of ether oxygens (including phenoxy) is 3. The fraction of sp³-hybridized carbons (Fsp3) is 0.667. The number of carbonyl (C=O) groups excluding carboxylic acids is 1. The zero-order chi connectivity index (χ0) is 19.9. The molecule has 2 heterocycles. The maximum Gasteiger partial charge on any atom is 0.255 e. The monoisotopic (exact) mass is 392 g/mol. The van der Waals surface area contributed by atoms with Gasteiger partial charge in [0.05, 0.1) is 24.9 Å². The molecule has 2 aliphatic heterocycles. The Bertz CT molecular complexity index is 666. The number of amides is 1. The van der Waals surface area contributed by atoms with Crippen LogP contribution >= 0.6 is 0 Å². The van der Waals surface area contributed by atoms with Gasteiger partial charge in [0.25, 0.3) is 5.91 Å². The third kappa shape index (κ3) is 5.16. The third-order valence-corrected chi connectivity index (χ3v) is 5.49. The number of rotatable bonds is 7. The number of nitrogens with one attached hydrogen (secondary N) is 1. The van der Waals surface area contributed by atoms with Crippen molar-refractivity contribution in [3.05, 3.63) is 23.3 Å². The zero-order valence-electron chi connectivity index (χ0n) is 16.9. The van der Waals surface area contributed by atoms with Gasteiger partial charge >= 0.3 is 0 Å². The Kier molecular flexibility index (Phi) is 7.53. The van der Waals surface area contributed by atoms with Crippen LogP contribution in [0.3, 0.4) is 0 Å². The van der Waals surface area contributed by atoms with E-state index < -0.39 is 6.10 Å². The molecule has 1 amide bonds. The molecule has 0 unspecified atom stereocenters. The molecule has 2 atom stereocenters. The molecule has 0 saturated carbocycles. The van der Waals surface area contributed by atoms with Crippen molar-refractivity contribution < 1.29 is 24.1 Å². The number of benzene rings is 1. The van der Waals surface area contributed by atoms with E-state index in [-0.39, 0.29) is 11.8 Å². The minimum atomic E-state index is -0.439. The summed E-state index contributed by atoms with van der Waals surface area (Å²) in [6.45, 7) is 6.77. The average Bonchev–Trinajstić information content (AvgIpc) is 2.94. The molecule has 0 aromatic heterocycles. The molecule has 7 nitrogen and oxygen atoms in total. The Labute approximate surface area is 166 Å². The number of β-amino-alcohol motifs (C(OH)–C–C–N with tert-alkyl or cyclic N) is 1. The predicted octanol–water partition coefficient (Wildman–Crippen LogP) is 1.61. The number of carbonyl (C=O) groups is 1. The minimum Gasteiger partial charge on any atom is -0.489 e. The number of likely N-dealkylation sites (tertiary alicyclic amines) is 1. The summed E-state index contributed by atoms with van der Waals surface area (Å²) < 4.78 is 16.7. The SMILES string of the molecule is COCCCN1CC[C@@H](CNC(=O)c2ccc(C)c3c2OCCCO3)[C@H](O)C1. The van der Waals surface area contributed by atoms with Gasteiger partial charge in [0.1, 0.15) is 0 Å². The summed E-state index contributed by atoms with van der Waals surface area (Å²) in [4.78, 5) is 15.0. The Hall–Kier alpha value is -1.83. The molecule has 0 spiro atoms. The van der Waals surface area contributed by atoms with Gasteiger partial charge in [-0.05, 0) is 37.9 Å². The number of methoxy groups -OCH3 is 1. The fourth-order valence-electron chi connectivity index (χ4n) is 3.81. The van der Waals surface area contributed by atoms with Crippen molar-refractivity contribution in [3.8, 4) is 11.5 Å². The number of nitrogens with zero attached hydrogens (tertiary/aromatic N) is 1. The molecule has 0 aliphatic carbocycles. The summed E-state index contributed by atoms with van der Waals surface area (Å²) >= 11 is 0. The molecule has 28 heavy (non-hydrogen) atoms. The van der Waals surface area contributed by atoms with Crippen molar-refractivity contribution in [3.63, 3.8) is 0 Å². The van der Waals surface area contributed by atoms with Crippen molar-refractivity contribution in [2.24, 2.45) is 5.92 Å². The fourth-order valence-corrected chi connectivity index (χ4v) is 3.81. The molecule has 1 aromatic rings. The smallest absolute Gasteiger partial charge is 0.255 e. The topological polar surface area (TPSA) is 80.3 Å². The Morgan fingerprint density at radius 2 is 2.11 bits per heavy atom. The normalized spacial score (nSPS) is 22.5. The van der Waals surface area contributed by atoms with E-state index >= 15 is 0 Å². The van der Waals surface area contributed by atoms with Gasteiger partial charge in [0.15, 0.2) is 11.5 Å². The van der Waals surface area contributed by atoms with E-state index in [9.17, 15) is 9.90 Å². The summed E-state index contributed by atoms with van der Waals surface area (Å²) in [5, 5.41) is 13.5. The highest BCUT2D eigenvalue weighted by atomic mass is 16.5. The van der Waals surface area contributed by atoms with Gasteiger partial charge in [-0.15, -0.1) is 0 Å². The number of piperidine rings is 1. The molecule has 1 aromatic carbocycles. The number of aliphatic hydroxyl groups is 1. The largest absolute Gasteiger partial charge is 0.489 e. The summed E-state index contributed by atoms with van der Waals surface area (Å²) in [6, 6.07) is 3.67. The van der Waals surface area contributed by atoms with E-state index in [1.54, 1.807) is 13.2 Å². The van der Waals surface area contributed by atoms with Gasteiger partial charge < -0.3 is 29.5 Å². The maximum absolute atomic E-state index is 12.8. The molecule has 1 saturated heterocycles. The molecule has 0 radical (unpaired) electrons. The molecule has 7 heteroatoms. The molecule has 2 N–H and O–H groups in total. The van der Waals surface area contributed by atoms with Crippen LogP contribution in [0, 0.1) is 12.8 Å². The molecule has 1 fully saturated rings. The zero-order valence-corrected chi connectivity index (χ0v) is 16.9. The first kappa shape index (κ1) is 20.9. The van der Waals surface area contributed by atoms with Gasteiger partial charge in [-0.25, -0.2) is 0 Å². The summed E-state index contributed by atoms with van der Waals surface area (Å²) in [5.74, 6) is 1.07. The molecular formula is C21H32N2O5. The van der Waals surface area contributed by atoms with Crippen LogP contribution in [-0.2, 0) is 4.74 Å². The number of fused-ring (bicyclic) bond motifs is 1. The lowest BCUT2D eigenvalue weighted by Crippen LogP contribution is -2.48. The average molecular weight is 392 g/mol. The summed E-state index contributed by atoms with van der Waals surface area (Å²) in [6.07, 6.45) is 2.18. The lowest BCUT2D eigenvalue weighted by atomic mass is 9.93. The van der Waals surface area contributed by atoms with E-state index in [0.717, 1.165) is 44.5 Å². The number of aryl methyl sites for hydroxylation is 1. The lowest BCUT2D eigenvalue weighted by molar-refractivity contribution is 0.0192. The van der Waals surface area contributed by atoms with Crippen LogP contribution in [0.15, 0.2) is 12.1 Å². The highest BCUT2D eigenvalue weighted by molar-refractivity contribution is 5.98. The molecule has 156 valence electrons.